The van der Waals surface area contributed by atoms with Crippen molar-refractivity contribution in [2.45, 2.75) is 45.6 Å². The minimum Gasteiger partial charge on any atom is -0.408 e. The molecule has 11 nitrogen and oxygen atoms in total. The summed E-state index contributed by atoms with van der Waals surface area (Å²) in [5.74, 6) is -1.74. The van der Waals surface area contributed by atoms with Crippen LogP contribution >= 0.6 is 0 Å². The predicted octanol–water partition coefficient (Wildman–Crippen LogP) is 2.76. The first-order valence-corrected chi connectivity index (χ1v) is 13.0. The average Bonchev–Trinajstić information content (AvgIpc) is 3.47. The van der Waals surface area contributed by atoms with E-state index in [1.54, 1.807) is 25.2 Å². The molecule has 2 amide bonds. The van der Waals surface area contributed by atoms with Crippen molar-refractivity contribution in [3.05, 3.63) is 63.8 Å². The fraction of sp³-hybridized carbons (Fsp3) is 0.407. The number of carbonyl (C=O) groups is 3. The van der Waals surface area contributed by atoms with E-state index in [0.717, 1.165) is 36.4 Å². The number of carbonyl (C=O) groups excluding carboxylic acids is 3. The second kappa shape index (κ2) is 10.8. The fourth-order valence-electron chi connectivity index (χ4n) is 5.07. The van der Waals surface area contributed by atoms with E-state index in [9.17, 15) is 23.6 Å². The number of oxazole rings is 1. The van der Waals surface area contributed by atoms with Gasteiger partial charge in [-0.05, 0) is 49.3 Å². The maximum Gasteiger partial charge on any atom is 0.419 e. The van der Waals surface area contributed by atoms with Gasteiger partial charge >= 0.3 is 5.76 Å². The van der Waals surface area contributed by atoms with Crippen molar-refractivity contribution in [1.82, 2.24) is 29.8 Å². The average molecular weight is 537 g/mol. The Hall–Kier alpha value is -4.35. The van der Waals surface area contributed by atoms with Gasteiger partial charge in [-0.1, -0.05) is 13.0 Å². The van der Waals surface area contributed by atoms with Crippen LogP contribution < -0.4 is 16.4 Å². The van der Waals surface area contributed by atoms with E-state index >= 15 is 0 Å². The molecule has 0 saturated heterocycles. The zero-order valence-electron chi connectivity index (χ0n) is 21.7. The Morgan fingerprint density at radius 2 is 1.87 bits per heavy atom. The number of rotatable bonds is 8. The summed E-state index contributed by atoms with van der Waals surface area (Å²) in [5, 5.41) is 9.51. The lowest BCUT2D eigenvalue weighted by atomic mass is 9.79. The molecule has 0 unspecified atom stereocenters. The molecule has 0 spiro atoms. The molecule has 1 aliphatic rings. The number of Topliss-reactive ketones (excluding diaryl/α,β-unsaturated/α-hetero) is 1. The zero-order chi connectivity index (χ0) is 27.7. The Morgan fingerprint density at radius 3 is 2.62 bits per heavy atom. The fourth-order valence-corrected chi connectivity index (χ4v) is 5.07. The molecule has 0 radical (unpaired) electrons. The van der Waals surface area contributed by atoms with Crippen LogP contribution in [-0.4, -0.2) is 43.3 Å². The van der Waals surface area contributed by atoms with Gasteiger partial charge < -0.3 is 15.1 Å². The second-order valence-corrected chi connectivity index (χ2v) is 9.91. The molecule has 204 valence electrons. The molecule has 1 aliphatic carbocycles. The normalized spacial score (nSPS) is 17.4. The van der Waals surface area contributed by atoms with Gasteiger partial charge in [-0.2, -0.15) is 5.10 Å². The second-order valence-electron chi connectivity index (χ2n) is 9.91. The van der Waals surface area contributed by atoms with Crippen LogP contribution in [0.15, 0.2) is 39.7 Å². The molecule has 12 heteroatoms. The molecule has 0 bridgehead atoms. The van der Waals surface area contributed by atoms with E-state index in [-0.39, 0.29) is 41.2 Å². The van der Waals surface area contributed by atoms with Crippen molar-refractivity contribution < 1.29 is 23.2 Å². The Balaban J connectivity index is 1.28. The maximum atomic E-state index is 14.4. The number of benzene rings is 1. The van der Waals surface area contributed by atoms with Crippen LogP contribution in [0, 0.1) is 17.7 Å². The number of fused-ring (bicyclic) bond motifs is 2. The lowest BCUT2D eigenvalue weighted by molar-refractivity contribution is -0.123. The monoisotopic (exact) mass is 536 g/mol. The highest BCUT2D eigenvalue weighted by molar-refractivity contribution is 5.98. The molecular weight excluding hydrogens is 507 g/mol. The van der Waals surface area contributed by atoms with Crippen LogP contribution in [0.4, 0.5) is 4.39 Å². The lowest BCUT2D eigenvalue weighted by Gasteiger charge is -2.27. The first-order valence-electron chi connectivity index (χ1n) is 13.0. The first-order chi connectivity index (χ1) is 18.7. The van der Waals surface area contributed by atoms with Gasteiger partial charge in [0.2, 0.25) is 0 Å². The third-order valence-electron chi connectivity index (χ3n) is 7.40. The van der Waals surface area contributed by atoms with Gasteiger partial charge in [0.1, 0.15) is 17.2 Å². The molecular formula is C27H29FN6O5. The number of hydrogen-bond donors (Lipinski definition) is 2. The summed E-state index contributed by atoms with van der Waals surface area (Å²) >= 11 is 0. The molecule has 4 aromatic rings. The third kappa shape index (κ3) is 5.31. The van der Waals surface area contributed by atoms with Crippen LogP contribution in [-0.2, 0) is 18.4 Å². The smallest absolute Gasteiger partial charge is 0.408 e. The molecule has 2 N–H and O–H groups in total. The summed E-state index contributed by atoms with van der Waals surface area (Å²) in [4.78, 5) is 53.8. The number of aryl methyl sites for hydroxylation is 1. The van der Waals surface area contributed by atoms with Crippen molar-refractivity contribution in [2.24, 2.45) is 18.9 Å². The summed E-state index contributed by atoms with van der Waals surface area (Å²) in [6, 6.07) is 6.35. The van der Waals surface area contributed by atoms with Gasteiger partial charge in [0.05, 0.1) is 11.7 Å². The van der Waals surface area contributed by atoms with Crippen LogP contribution in [0.1, 0.15) is 65.6 Å². The van der Waals surface area contributed by atoms with E-state index in [1.165, 1.54) is 10.6 Å². The molecule has 5 rings (SSSR count). The highest BCUT2D eigenvalue weighted by Crippen LogP contribution is 2.29. The minimum atomic E-state index is -0.760. The number of amides is 2. The molecule has 1 aromatic carbocycles. The van der Waals surface area contributed by atoms with E-state index in [4.69, 9.17) is 4.42 Å². The number of halogens is 1. The highest BCUT2D eigenvalue weighted by Gasteiger charge is 2.26. The number of nitrogens with zero attached hydrogens (tertiary/aromatic N) is 4. The standard InChI is InChI=1S/C27H29FN6O5/c1-3-22(35)17-7-4-15(5-8-17)12-30-26(37)21-11-19(32-24-18(28)14-31-34(21)24)25(36)29-13-16-6-9-23-20(10-16)33(2)27(38)39-23/h6,9-11,14-15,17H,3-5,7-8,12-13H2,1-2H3,(H,29,36)(H,30,37). The molecule has 39 heavy (non-hydrogen) atoms. The van der Waals surface area contributed by atoms with E-state index in [0.29, 0.717) is 29.6 Å². The van der Waals surface area contributed by atoms with Crippen molar-refractivity contribution in [2.75, 3.05) is 6.54 Å². The van der Waals surface area contributed by atoms with Gasteiger partial charge in [-0.25, -0.2) is 18.7 Å². The Morgan fingerprint density at radius 1 is 1.10 bits per heavy atom. The molecule has 0 atom stereocenters. The third-order valence-corrected chi connectivity index (χ3v) is 7.40. The van der Waals surface area contributed by atoms with Gasteiger partial charge in [-0.15, -0.1) is 0 Å². The van der Waals surface area contributed by atoms with E-state index in [1.807, 2.05) is 6.92 Å². The Bertz CT molecular complexity index is 1630. The highest BCUT2D eigenvalue weighted by atomic mass is 19.1. The van der Waals surface area contributed by atoms with Crippen LogP contribution in [0.5, 0.6) is 0 Å². The van der Waals surface area contributed by atoms with Crippen LogP contribution in [0.3, 0.4) is 0 Å². The zero-order valence-corrected chi connectivity index (χ0v) is 21.7. The first kappa shape index (κ1) is 26.3. The molecule has 3 heterocycles. The van der Waals surface area contributed by atoms with Crippen LogP contribution in [0.2, 0.25) is 0 Å². The van der Waals surface area contributed by atoms with Crippen molar-refractivity contribution in [3.63, 3.8) is 0 Å². The van der Waals surface area contributed by atoms with E-state index < -0.39 is 23.4 Å². The number of aromatic nitrogens is 4. The largest absolute Gasteiger partial charge is 0.419 e. The number of hydrogen-bond acceptors (Lipinski definition) is 7. The summed E-state index contributed by atoms with van der Waals surface area (Å²) < 4.78 is 22.0. The van der Waals surface area contributed by atoms with Gasteiger partial charge in [-0.3, -0.25) is 19.0 Å². The topological polar surface area (TPSA) is 141 Å². The van der Waals surface area contributed by atoms with Crippen LogP contribution in [0.25, 0.3) is 16.7 Å². The number of ketones is 1. The predicted molar refractivity (Wildman–Crippen MR) is 139 cm³/mol. The van der Waals surface area contributed by atoms with Crippen molar-refractivity contribution in [1.29, 1.82) is 0 Å². The van der Waals surface area contributed by atoms with Gasteiger partial charge in [0.25, 0.3) is 11.8 Å². The summed E-state index contributed by atoms with van der Waals surface area (Å²) in [5.41, 5.74) is 1.33. The molecule has 0 aliphatic heterocycles. The SMILES string of the molecule is CCC(=O)C1CCC(CNC(=O)c2cc(C(=O)NCc3ccc4oc(=O)n(C)c4c3)nc3c(F)cnn23)CC1. The minimum absolute atomic E-state index is 0.0151. The summed E-state index contributed by atoms with van der Waals surface area (Å²) in [7, 11) is 1.58. The van der Waals surface area contributed by atoms with E-state index in [2.05, 4.69) is 20.7 Å². The summed E-state index contributed by atoms with van der Waals surface area (Å²) in [6.07, 6.45) is 4.78. The maximum absolute atomic E-state index is 14.4. The molecule has 3 aromatic heterocycles. The van der Waals surface area contributed by atoms with Gasteiger partial charge in [0, 0.05) is 38.5 Å². The Kier molecular flexibility index (Phi) is 7.27. The number of nitrogens with one attached hydrogen (secondary N) is 2. The summed E-state index contributed by atoms with van der Waals surface area (Å²) in [6.45, 7) is 2.38. The van der Waals surface area contributed by atoms with Crippen molar-refractivity contribution >= 4 is 34.3 Å². The lowest BCUT2D eigenvalue weighted by Crippen LogP contribution is -2.34. The van der Waals surface area contributed by atoms with Gasteiger partial charge in [0.15, 0.2) is 17.0 Å². The van der Waals surface area contributed by atoms with Crippen molar-refractivity contribution in [3.8, 4) is 0 Å². The molecule has 1 saturated carbocycles. The quantitative estimate of drug-likeness (QED) is 0.353. The molecule has 1 fully saturated rings. The Labute approximate surface area is 222 Å².